The van der Waals surface area contributed by atoms with Crippen molar-refractivity contribution in [1.82, 2.24) is 5.01 Å². The topological polar surface area (TPSA) is 29.3 Å². The van der Waals surface area contributed by atoms with Crippen LogP contribution >= 0.6 is 0 Å². The summed E-state index contributed by atoms with van der Waals surface area (Å²) >= 11 is 0. The Labute approximate surface area is 66.9 Å². The van der Waals surface area contributed by atoms with E-state index in [1.807, 2.05) is 30.3 Å². The highest BCUT2D eigenvalue weighted by molar-refractivity contribution is 5.60. The molecule has 2 heteroatoms. The first-order chi connectivity index (χ1) is 5.22. The van der Waals surface area contributed by atoms with Gasteiger partial charge in [0.15, 0.2) is 0 Å². The minimum Gasteiger partial charge on any atom is -0.314 e. The SMILES string of the molecule is C=C(c1ccccc1)N(C)N. The zero-order chi connectivity index (χ0) is 8.27. The average Bonchev–Trinajstić information content (AvgIpc) is 2.05. The van der Waals surface area contributed by atoms with Gasteiger partial charge in [0.05, 0.1) is 5.70 Å². The van der Waals surface area contributed by atoms with Gasteiger partial charge in [-0.25, -0.2) is 5.84 Å². The van der Waals surface area contributed by atoms with Crippen molar-refractivity contribution in [2.75, 3.05) is 7.05 Å². The Balaban J connectivity index is 2.86. The maximum absolute atomic E-state index is 5.50. The fraction of sp³-hybridized carbons (Fsp3) is 0.111. The molecule has 2 nitrogen and oxygen atoms in total. The van der Waals surface area contributed by atoms with E-state index in [0.717, 1.165) is 11.3 Å². The Morgan fingerprint density at radius 1 is 1.36 bits per heavy atom. The van der Waals surface area contributed by atoms with Crippen LogP contribution in [-0.2, 0) is 0 Å². The molecule has 0 aromatic heterocycles. The van der Waals surface area contributed by atoms with Gasteiger partial charge in [0.1, 0.15) is 0 Å². The molecule has 0 aliphatic rings. The lowest BCUT2D eigenvalue weighted by Crippen LogP contribution is -2.23. The molecule has 1 aromatic rings. The summed E-state index contributed by atoms with van der Waals surface area (Å²) in [5, 5.41) is 1.51. The van der Waals surface area contributed by atoms with E-state index < -0.39 is 0 Å². The quantitative estimate of drug-likeness (QED) is 0.508. The third-order valence-electron chi connectivity index (χ3n) is 1.53. The van der Waals surface area contributed by atoms with Crippen molar-refractivity contribution >= 4 is 5.70 Å². The summed E-state index contributed by atoms with van der Waals surface area (Å²) in [6.07, 6.45) is 0. The van der Waals surface area contributed by atoms with Crippen LogP contribution < -0.4 is 5.84 Å². The van der Waals surface area contributed by atoms with Gasteiger partial charge in [-0.2, -0.15) is 0 Å². The van der Waals surface area contributed by atoms with Gasteiger partial charge in [-0.15, -0.1) is 0 Å². The molecule has 1 aromatic carbocycles. The highest BCUT2D eigenvalue weighted by Gasteiger charge is 1.97. The maximum Gasteiger partial charge on any atom is 0.0514 e. The van der Waals surface area contributed by atoms with E-state index in [0.29, 0.717) is 0 Å². The van der Waals surface area contributed by atoms with Gasteiger partial charge in [0.25, 0.3) is 0 Å². The molecule has 2 N–H and O–H groups in total. The number of hydrazine groups is 1. The smallest absolute Gasteiger partial charge is 0.0514 e. The van der Waals surface area contributed by atoms with Crippen LogP contribution in [0.2, 0.25) is 0 Å². The van der Waals surface area contributed by atoms with Gasteiger partial charge in [0, 0.05) is 7.05 Å². The lowest BCUT2D eigenvalue weighted by molar-refractivity contribution is 0.512. The number of benzene rings is 1. The highest BCUT2D eigenvalue weighted by Crippen LogP contribution is 2.11. The van der Waals surface area contributed by atoms with E-state index in [-0.39, 0.29) is 0 Å². The fourth-order valence-corrected chi connectivity index (χ4v) is 0.834. The molecule has 0 aliphatic carbocycles. The predicted molar refractivity (Wildman–Crippen MR) is 47.4 cm³/mol. The molecule has 58 valence electrons. The van der Waals surface area contributed by atoms with Crippen LogP contribution in [0.5, 0.6) is 0 Å². The molecule has 0 heterocycles. The van der Waals surface area contributed by atoms with Gasteiger partial charge in [-0.1, -0.05) is 36.9 Å². The van der Waals surface area contributed by atoms with Gasteiger partial charge < -0.3 is 5.01 Å². The zero-order valence-corrected chi connectivity index (χ0v) is 6.62. The van der Waals surface area contributed by atoms with E-state index in [1.165, 1.54) is 5.01 Å². The van der Waals surface area contributed by atoms with Crippen molar-refractivity contribution in [2.45, 2.75) is 0 Å². The summed E-state index contributed by atoms with van der Waals surface area (Å²) in [4.78, 5) is 0. The molecule has 0 saturated heterocycles. The number of hydrogen-bond acceptors (Lipinski definition) is 2. The van der Waals surface area contributed by atoms with Crippen LogP contribution in [0, 0.1) is 0 Å². The van der Waals surface area contributed by atoms with Crippen molar-refractivity contribution in [3.63, 3.8) is 0 Å². The van der Waals surface area contributed by atoms with E-state index in [9.17, 15) is 0 Å². The van der Waals surface area contributed by atoms with Crippen molar-refractivity contribution in [3.8, 4) is 0 Å². The number of nitrogens with zero attached hydrogens (tertiary/aromatic N) is 1. The largest absolute Gasteiger partial charge is 0.314 e. The molecule has 0 aliphatic heterocycles. The molecular formula is C9H12N2. The second kappa shape index (κ2) is 3.21. The molecule has 0 amide bonds. The first-order valence-electron chi connectivity index (χ1n) is 3.44. The molecule has 0 fully saturated rings. The summed E-state index contributed by atoms with van der Waals surface area (Å²) in [5.41, 5.74) is 1.88. The second-order valence-electron chi connectivity index (χ2n) is 2.42. The first kappa shape index (κ1) is 7.82. The summed E-state index contributed by atoms with van der Waals surface area (Å²) in [5.74, 6) is 5.50. The molecule has 0 unspecified atom stereocenters. The molecule has 0 spiro atoms. The second-order valence-corrected chi connectivity index (χ2v) is 2.42. The Morgan fingerprint density at radius 2 is 1.91 bits per heavy atom. The monoisotopic (exact) mass is 148 g/mol. The maximum atomic E-state index is 5.50. The van der Waals surface area contributed by atoms with E-state index in [2.05, 4.69) is 6.58 Å². The Bertz CT molecular complexity index is 239. The van der Waals surface area contributed by atoms with Crippen LogP contribution in [-0.4, -0.2) is 12.1 Å². The molecule has 0 saturated carbocycles. The molecule has 0 atom stereocenters. The van der Waals surface area contributed by atoms with Gasteiger partial charge in [-0.05, 0) is 5.56 Å². The molecule has 0 bridgehead atoms. The van der Waals surface area contributed by atoms with E-state index >= 15 is 0 Å². The summed E-state index contributed by atoms with van der Waals surface area (Å²) < 4.78 is 0. The normalized spacial score (nSPS) is 9.27. The fourth-order valence-electron chi connectivity index (χ4n) is 0.834. The number of nitrogens with two attached hydrogens (primary N) is 1. The Hall–Kier alpha value is -1.28. The van der Waals surface area contributed by atoms with Gasteiger partial charge >= 0.3 is 0 Å². The summed E-state index contributed by atoms with van der Waals surface area (Å²) in [6.45, 7) is 3.83. The van der Waals surface area contributed by atoms with Crippen molar-refractivity contribution in [1.29, 1.82) is 0 Å². The third kappa shape index (κ3) is 1.82. The number of rotatable bonds is 2. The van der Waals surface area contributed by atoms with Crippen molar-refractivity contribution in [3.05, 3.63) is 42.5 Å². The lowest BCUT2D eigenvalue weighted by atomic mass is 10.2. The lowest BCUT2D eigenvalue weighted by Gasteiger charge is -2.14. The minimum atomic E-state index is 0.825. The van der Waals surface area contributed by atoms with Gasteiger partial charge in [0.2, 0.25) is 0 Å². The standard InChI is InChI=1S/C9H12N2/c1-8(11(2)10)9-6-4-3-5-7-9/h3-7H,1,10H2,2H3. The Kier molecular flexibility index (Phi) is 2.28. The third-order valence-corrected chi connectivity index (χ3v) is 1.53. The highest BCUT2D eigenvalue weighted by atomic mass is 15.4. The van der Waals surface area contributed by atoms with Crippen molar-refractivity contribution < 1.29 is 0 Å². The molecule has 11 heavy (non-hydrogen) atoms. The van der Waals surface area contributed by atoms with E-state index in [1.54, 1.807) is 7.05 Å². The summed E-state index contributed by atoms with van der Waals surface area (Å²) in [6, 6.07) is 9.85. The first-order valence-corrected chi connectivity index (χ1v) is 3.44. The zero-order valence-electron chi connectivity index (χ0n) is 6.62. The molecule has 1 rings (SSSR count). The van der Waals surface area contributed by atoms with Crippen LogP contribution in [0.1, 0.15) is 5.56 Å². The Morgan fingerprint density at radius 3 is 2.36 bits per heavy atom. The van der Waals surface area contributed by atoms with Crippen LogP contribution in [0.15, 0.2) is 36.9 Å². The van der Waals surface area contributed by atoms with Gasteiger partial charge in [-0.3, -0.25) is 0 Å². The molecular weight excluding hydrogens is 136 g/mol. The van der Waals surface area contributed by atoms with Crippen molar-refractivity contribution in [2.24, 2.45) is 5.84 Å². The van der Waals surface area contributed by atoms with Crippen LogP contribution in [0.3, 0.4) is 0 Å². The molecule has 0 radical (unpaired) electrons. The number of hydrogen-bond donors (Lipinski definition) is 1. The van der Waals surface area contributed by atoms with E-state index in [4.69, 9.17) is 5.84 Å². The summed E-state index contributed by atoms with van der Waals surface area (Å²) in [7, 11) is 1.77. The van der Waals surface area contributed by atoms with Crippen LogP contribution in [0.25, 0.3) is 5.70 Å². The predicted octanol–water partition coefficient (Wildman–Crippen LogP) is 1.46. The average molecular weight is 148 g/mol. The minimum absolute atomic E-state index is 0.825. The van der Waals surface area contributed by atoms with Crippen LogP contribution in [0.4, 0.5) is 0 Å².